The van der Waals surface area contributed by atoms with E-state index in [9.17, 15) is 23.6 Å². The van der Waals surface area contributed by atoms with Crippen LogP contribution in [0.2, 0.25) is 0 Å². The van der Waals surface area contributed by atoms with Crippen LogP contribution in [-0.4, -0.2) is 34.6 Å². The number of rotatable bonds is 4. The molecule has 0 aromatic heterocycles. The zero-order valence-electron chi connectivity index (χ0n) is 15.2. The van der Waals surface area contributed by atoms with Crippen molar-refractivity contribution in [2.45, 2.75) is 18.9 Å². The topological polar surface area (TPSA) is 95.6 Å². The standard InChI is InChI=1S/C21H16FN3O4/c1-11(12-5-7-13(22)8-6-12)23-15-4-2-3-14-18(15)21(29)25(20(14)28)16-9-10-17(26)24-19(16)27/h2-8,16,23H,1,9-10H2,(H,24,26,27). The van der Waals surface area contributed by atoms with Gasteiger partial charge in [-0.15, -0.1) is 0 Å². The van der Waals surface area contributed by atoms with Crippen molar-refractivity contribution in [3.05, 3.63) is 71.6 Å². The van der Waals surface area contributed by atoms with Crippen LogP contribution in [0.25, 0.3) is 5.70 Å². The summed E-state index contributed by atoms with van der Waals surface area (Å²) in [5, 5.41) is 5.16. The summed E-state index contributed by atoms with van der Waals surface area (Å²) in [5.74, 6) is -2.69. The van der Waals surface area contributed by atoms with E-state index in [0.717, 1.165) is 4.90 Å². The molecule has 29 heavy (non-hydrogen) atoms. The molecular formula is C21H16FN3O4. The molecule has 8 heteroatoms. The minimum atomic E-state index is -1.03. The Morgan fingerprint density at radius 1 is 1.07 bits per heavy atom. The highest BCUT2D eigenvalue weighted by atomic mass is 19.1. The van der Waals surface area contributed by atoms with Gasteiger partial charge in [-0.1, -0.05) is 24.8 Å². The molecule has 146 valence electrons. The number of carbonyl (C=O) groups is 4. The maximum Gasteiger partial charge on any atom is 0.264 e. The number of benzene rings is 2. The first kappa shape index (κ1) is 18.5. The Morgan fingerprint density at radius 2 is 1.79 bits per heavy atom. The number of imide groups is 2. The first-order valence-electron chi connectivity index (χ1n) is 8.93. The predicted octanol–water partition coefficient (Wildman–Crippen LogP) is 2.31. The second-order valence-corrected chi connectivity index (χ2v) is 6.79. The number of halogens is 1. The molecule has 1 atom stereocenters. The Hall–Kier alpha value is -3.81. The van der Waals surface area contributed by atoms with Crippen molar-refractivity contribution in [2.24, 2.45) is 0 Å². The largest absolute Gasteiger partial charge is 0.355 e. The van der Waals surface area contributed by atoms with E-state index >= 15 is 0 Å². The average Bonchev–Trinajstić information content (AvgIpc) is 2.94. The lowest BCUT2D eigenvalue weighted by Crippen LogP contribution is -2.54. The number of carbonyl (C=O) groups excluding carboxylic acids is 4. The Labute approximate surface area is 165 Å². The lowest BCUT2D eigenvalue weighted by Gasteiger charge is -2.27. The molecule has 4 amide bonds. The highest BCUT2D eigenvalue weighted by molar-refractivity contribution is 6.25. The monoisotopic (exact) mass is 393 g/mol. The molecule has 4 rings (SSSR count). The number of piperidine rings is 1. The van der Waals surface area contributed by atoms with Crippen molar-refractivity contribution < 1.29 is 23.6 Å². The minimum Gasteiger partial charge on any atom is -0.355 e. The quantitative estimate of drug-likeness (QED) is 0.778. The van der Waals surface area contributed by atoms with E-state index in [1.165, 1.54) is 30.3 Å². The van der Waals surface area contributed by atoms with Gasteiger partial charge < -0.3 is 5.32 Å². The van der Waals surface area contributed by atoms with E-state index in [1.54, 1.807) is 12.1 Å². The van der Waals surface area contributed by atoms with E-state index in [0.29, 0.717) is 16.9 Å². The summed E-state index contributed by atoms with van der Waals surface area (Å²) in [4.78, 5) is 50.3. The first-order chi connectivity index (χ1) is 13.9. The van der Waals surface area contributed by atoms with Gasteiger partial charge in [0.2, 0.25) is 11.8 Å². The van der Waals surface area contributed by atoms with Gasteiger partial charge in [-0.25, -0.2) is 4.39 Å². The summed E-state index contributed by atoms with van der Waals surface area (Å²) < 4.78 is 13.1. The van der Waals surface area contributed by atoms with E-state index in [1.807, 2.05) is 0 Å². The van der Waals surface area contributed by atoms with Crippen LogP contribution in [0.1, 0.15) is 39.1 Å². The molecule has 0 aliphatic carbocycles. The second-order valence-electron chi connectivity index (χ2n) is 6.79. The second kappa shape index (κ2) is 6.97. The van der Waals surface area contributed by atoms with Crippen LogP contribution in [0.3, 0.4) is 0 Å². The molecule has 1 saturated heterocycles. The third-order valence-electron chi connectivity index (χ3n) is 4.95. The first-order valence-corrected chi connectivity index (χ1v) is 8.93. The summed E-state index contributed by atoms with van der Waals surface area (Å²) in [5.41, 5.74) is 1.67. The molecule has 2 aliphatic heterocycles. The van der Waals surface area contributed by atoms with Crippen molar-refractivity contribution in [2.75, 3.05) is 5.32 Å². The Balaban J connectivity index is 1.64. The van der Waals surface area contributed by atoms with Gasteiger partial charge in [0.15, 0.2) is 0 Å². The molecule has 2 aromatic rings. The third-order valence-corrected chi connectivity index (χ3v) is 4.95. The molecule has 2 heterocycles. The lowest BCUT2D eigenvalue weighted by molar-refractivity contribution is -0.136. The van der Waals surface area contributed by atoms with Crippen LogP contribution < -0.4 is 10.6 Å². The van der Waals surface area contributed by atoms with Gasteiger partial charge in [0.05, 0.1) is 16.8 Å². The molecule has 2 N–H and O–H groups in total. The van der Waals surface area contributed by atoms with E-state index in [-0.39, 0.29) is 29.8 Å². The third kappa shape index (κ3) is 3.18. The van der Waals surface area contributed by atoms with Crippen molar-refractivity contribution in [3.8, 4) is 0 Å². The normalized spacial score (nSPS) is 18.5. The van der Waals surface area contributed by atoms with Gasteiger partial charge in [-0.2, -0.15) is 0 Å². The van der Waals surface area contributed by atoms with Crippen LogP contribution in [0, 0.1) is 5.82 Å². The summed E-state index contributed by atoms with van der Waals surface area (Å²) in [7, 11) is 0. The molecule has 7 nitrogen and oxygen atoms in total. The number of hydrogen-bond acceptors (Lipinski definition) is 5. The summed E-state index contributed by atoms with van der Waals surface area (Å²) in [6.45, 7) is 3.90. The summed E-state index contributed by atoms with van der Waals surface area (Å²) in [6, 6.07) is 9.35. The zero-order chi connectivity index (χ0) is 20.7. The van der Waals surface area contributed by atoms with Gasteiger partial charge in [-0.3, -0.25) is 29.4 Å². The Kier molecular flexibility index (Phi) is 4.46. The summed E-state index contributed by atoms with van der Waals surface area (Å²) >= 11 is 0. The van der Waals surface area contributed by atoms with E-state index in [4.69, 9.17) is 0 Å². The van der Waals surface area contributed by atoms with Gasteiger partial charge in [0.1, 0.15) is 11.9 Å². The average molecular weight is 393 g/mol. The molecule has 0 radical (unpaired) electrons. The fourth-order valence-corrected chi connectivity index (χ4v) is 3.50. The van der Waals surface area contributed by atoms with Crippen molar-refractivity contribution in [1.82, 2.24) is 10.2 Å². The SMILES string of the molecule is C=C(Nc1cccc2c1C(=O)N(C1CCC(=O)NC1=O)C2=O)c1ccc(F)cc1. The van der Waals surface area contributed by atoms with E-state index < -0.39 is 29.7 Å². The van der Waals surface area contributed by atoms with Crippen LogP contribution in [-0.2, 0) is 9.59 Å². The fraction of sp³-hybridized carbons (Fsp3) is 0.143. The highest BCUT2D eigenvalue weighted by Crippen LogP contribution is 2.33. The van der Waals surface area contributed by atoms with Crippen LogP contribution in [0.4, 0.5) is 10.1 Å². The molecule has 0 saturated carbocycles. The number of anilines is 1. The van der Waals surface area contributed by atoms with Crippen LogP contribution >= 0.6 is 0 Å². The molecule has 2 aliphatic rings. The van der Waals surface area contributed by atoms with E-state index in [2.05, 4.69) is 17.2 Å². The lowest BCUT2D eigenvalue weighted by atomic mass is 10.0. The number of hydrogen-bond donors (Lipinski definition) is 2. The van der Waals surface area contributed by atoms with Crippen LogP contribution in [0.15, 0.2) is 49.0 Å². The molecule has 0 spiro atoms. The smallest absolute Gasteiger partial charge is 0.264 e. The van der Waals surface area contributed by atoms with Gasteiger partial charge in [0.25, 0.3) is 11.8 Å². The predicted molar refractivity (Wildman–Crippen MR) is 102 cm³/mol. The maximum atomic E-state index is 13.1. The van der Waals surface area contributed by atoms with Crippen molar-refractivity contribution in [1.29, 1.82) is 0 Å². The number of fused-ring (bicyclic) bond motifs is 1. The van der Waals surface area contributed by atoms with Gasteiger partial charge in [-0.05, 0) is 36.2 Å². The van der Waals surface area contributed by atoms with Crippen LogP contribution in [0.5, 0.6) is 0 Å². The molecule has 2 aromatic carbocycles. The molecular weight excluding hydrogens is 377 g/mol. The summed E-state index contributed by atoms with van der Waals surface area (Å²) in [6.07, 6.45) is 0.136. The van der Waals surface area contributed by atoms with Crippen molar-refractivity contribution in [3.63, 3.8) is 0 Å². The van der Waals surface area contributed by atoms with Gasteiger partial charge in [0, 0.05) is 12.1 Å². The molecule has 0 bridgehead atoms. The minimum absolute atomic E-state index is 0.0519. The zero-order valence-corrected chi connectivity index (χ0v) is 15.2. The molecule has 1 unspecified atom stereocenters. The van der Waals surface area contributed by atoms with Crippen molar-refractivity contribution >= 4 is 35.0 Å². The number of nitrogens with zero attached hydrogens (tertiary/aromatic N) is 1. The Bertz CT molecular complexity index is 1080. The number of amides is 4. The maximum absolute atomic E-state index is 13.1. The van der Waals surface area contributed by atoms with Gasteiger partial charge >= 0.3 is 0 Å². The fourth-order valence-electron chi connectivity index (χ4n) is 3.50. The number of nitrogens with one attached hydrogen (secondary N) is 2. The Morgan fingerprint density at radius 3 is 2.48 bits per heavy atom. The highest BCUT2D eigenvalue weighted by Gasteiger charge is 2.45. The molecule has 1 fully saturated rings.